The van der Waals surface area contributed by atoms with Gasteiger partial charge in [-0.2, -0.15) is 0 Å². The number of hydrogen-bond acceptors (Lipinski definition) is 12. The zero-order valence-corrected chi connectivity index (χ0v) is 20.3. The van der Waals surface area contributed by atoms with Gasteiger partial charge in [-0.3, -0.25) is 19.2 Å². The van der Waals surface area contributed by atoms with Crippen LogP contribution in [0.1, 0.15) is 31.8 Å². The lowest BCUT2D eigenvalue weighted by Gasteiger charge is -2.25. The minimum Gasteiger partial charge on any atom is -0.507 e. The molecule has 0 aliphatic heterocycles. The number of phenolic OH excluding ortho intramolecular Hbond substituents is 2. The van der Waals surface area contributed by atoms with Crippen LogP contribution < -0.4 is 21.3 Å². The van der Waals surface area contributed by atoms with Gasteiger partial charge in [0.15, 0.2) is 0 Å². The highest BCUT2D eigenvalue weighted by Crippen LogP contribution is 2.42. The van der Waals surface area contributed by atoms with Gasteiger partial charge in [-0.05, 0) is 24.3 Å². The van der Waals surface area contributed by atoms with Crippen molar-refractivity contribution in [3.63, 3.8) is 0 Å². The van der Waals surface area contributed by atoms with Crippen LogP contribution in [-0.4, -0.2) is 85.9 Å². The number of benzene rings is 2. The first-order chi connectivity index (χ1) is 18.1. The predicted octanol–water partition coefficient (Wildman–Crippen LogP) is -0.725. The molecule has 0 atom stereocenters. The maximum Gasteiger partial charge on any atom is 0.396 e. The first-order valence-electron chi connectivity index (χ1n) is 11.1. The number of hydrogen-bond donors (Lipinski definition) is 6. The molecule has 1 aliphatic carbocycles. The van der Waals surface area contributed by atoms with Crippen molar-refractivity contribution in [1.82, 2.24) is 10.6 Å². The molecule has 6 N–H and O–H groups in total. The smallest absolute Gasteiger partial charge is 0.396 e. The van der Waals surface area contributed by atoms with Gasteiger partial charge in [-0.1, -0.05) is 0 Å². The van der Waals surface area contributed by atoms with Crippen LogP contribution in [0, 0.1) is 0 Å². The second-order valence-corrected chi connectivity index (χ2v) is 7.77. The topological polar surface area (TPSA) is 209 Å². The van der Waals surface area contributed by atoms with Crippen molar-refractivity contribution >= 4 is 46.7 Å². The van der Waals surface area contributed by atoms with Gasteiger partial charge in [0.2, 0.25) is 11.6 Å². The van der Waals surface area contributed by atoms with Crippen molar-refractivity contribution in [2.45, 2.75) is 0 Å². The lowest BCUT2D eigenvalue weighted by molar-refractivity contribution is -0.152. The maximum absolute atomic E-state index is 13.5. The van der Waals surface area contributed by atoms with Gasteiger partial charge in [0.1, 0.15) is 11.5 Å². The third kappa shape index (κ3) is 5.48. The summed E-state index contributed by atoms with van der Waals surface area (Å²) in [6, 6.07) is 5.14. The van der Waals surface area contributed by atoms with E-state index in [-0.39, 0.29) is 59.8 Å². The Hall–Kier alpha value is -5.14. The number of carbonyl (C=O) groups is 6. The number of phenols is 2. The standard InChI is InChI=1S/C24H24N4O10/c1-37-23(35)21(33)27-9-7-25-11-3-4-12(26-8-10-28-22(34)24(36)38-2)16-15(11)19(31)17-13(29)5-6-14(30)18(17)20(16)32/h3-6,25-26,29-30H,7-10H2,1-2H3,(H,27,33)(H,28,34). The fourth-order valence-corrected chi connectivity index (χ4v) is 3.74. The summed E-state index contributed by atoms with van der Waals surface area (Å²) in [7, 11) is 2.12. The Labute approximate surface area is 215 Å². The summed E-state index contributed by atoms with van der Waals surface area (Å²) in [4.78, 5) is 72.5. The van der Waals surface area contributed by atoms with E-state index in [4.69, 9.17) is 0 Å². The number of rotatable bonds is 8. The highest BCUT2D eigenvalue weighted by atomic mass is 16.5. The van der Waals surface area contributed by atoms with Crippen molar-refractivity contribution in [3.8, 4) is 11.5 Å². The molecule has 14 heteroatoms. The molecule has 0 saturated carbocycles. The Morgan fingerprint density at radius 3 is 1.34 bits per heavy atom. The number of ether oxygens (including phenoxy) is 2. The molecule has 0 heterocycles. The molecule has 2 aromatic rings. The van der Waals surface area contributed by atoms with E-state index in [2.05, 4.69) is 30.7 Å². The van der Waals surface area contributed by atoms with Crippen molar-refractivity contribution in [2.24, 2.45) is 0 Å². The van der Waals surface area contributed by atoms with Crippen LogP contribution in [0.2, 0.25) is 0 Å². The van der Waals surface area contributed by atoms with Crippen molar-refractivity contribution in [1.29, 1.82) is 0 Å². The summed E-state index contributed by atoms with van der Waals surface area (Å²) in [5.41, 5.74) is -0.580. The number of methoxy groups -OCH3 is 2. The molecule has 200 valence electrons. The van der Waals surface area contributed by atoms with Crippen LogP contribution in [0.25, 0.3) is 0 Å². The molecule has 0 bridgehead atoms. The zero-order chi connectivity index (χ0) is 28.0. The van der Waals surface area contributed by atoms with Crippen molar-refractivity contribution in [2.75, 3.05) is 51.0 Å². The van der Waals surface area contributed by atoms with Crippen LogP contribution in [-0.2, 0) is 28.7 Å². The molecule has 0 unspecified atom stereocenters. The molecule has 0 spiro atoms. The molecule has 2 amide bonds. The van der Waals surface area contributed by atoms with E-state index in [1.165, 1.54) is 12.1 Å². The van der Waals surface area contributed by atoms with E-state index >= 15 is 0 Å². The predicted molar refractivity (Wildman–Crippen MR) is 130 cm³/mol. The van der Waals surface area contributed by atoms with Gasteiger partial charge >= 0.3 is 23.8 Å². The Morgan fingerprint density at radius 1 is 0.632 bits per heavy atom. The fourth-order valence-electron chi connectivity index (χ4n) is 3.74. The normalized spacial score (nSPS) is 11.5. The van der Waals surface area contributed by atoms with E-state index in [0.717, 1.165) is 26.4 Å². The number of nitrogens with one attached hydrogen (secondary N) is 4. The van der Waals surface area contributed by atoms with Crippen LogP contribution >= 0.6 is 0 Å². The summed E-state index contributed by atoms with van der Waals surface area (Å²) >= 11 is 0. The molecule has 14 nitrogen and oxygen atoms in total. The molecule has 0 saturated heterocycles. The zero-order valence-electron chi connectivity index (χ0n) is 20.3. The number of esters is 2. The van der Waals surface area contributed by atoms with Gasteiger partial charge in [0.05, 0.1) is 36.5 Å². The third-order valence-corrected chi connectivity index (χ3v) is 5.47. The van der Waals surface area contributed by atoms with E-state index in [1.54, 1.807) is 0 Å². The molecule has 38 heavy (non-hydrogen) atoms. The van der Waals surface area contributed by atoms with Gasteiger partial charge < -0.3 is 41.0 Å². The van der Waals surface area contributed by atoms with Gasteiger partial charge in [0, 0.05) is 37.6 Å². The highest BCUT2D eigenvalue weighted by Gasteiger charge is 2.38. The second-order valence-electron chi connectivity index (χ2n) is 7.77. The number of fused-ring (bicyclic) bond motifs is 2. The van der Waals surface area contributed by atoms with Crippen molar-refractivity contribution < 1.29 is 48.5 Å². The van der Waals surface area contributed by atoms with Gasteiger partial charge in [0.25, 0.3) is 0 Å². The maximum atomic E-state index is 13.5. The number of amides is 2. The van der Waals surface area contributed by atoms with Crippen LogP contribution in [0.4, 0.5) is 11.4 Å². The van der Waals surface area contributed by atoms with E-state index < -0.39 is 46.8 Å². The average Bonchev–Trinajstić information content (AvgIpc) is 2.91. The molecule has 0 radical (unpaired) electrons. The summed E-state index contributed by atoms with van der Waals surface area (Å²) in [6.07, 6.45) is 0. The quantitative estimate of drug-likeness (QED) is 0.0926. The SMILES string of the molecule is COC(=O)C(=O)NCCNc1ccc(NCCNC(=O)C(=O)OC)c2c1C(=O)c1c(O)ccc(O)c1C2=O. The third-order valence-electron chi connectivity index (χ3n) is 5.47. The molecule has 0 aromatic heterocycles. The Bertz CT molecular complexity index is 1240. The summed E-state index contributed by atoms with van der Waals surface area (Å²) in [6.45, 7) is 0.0183. The first-order valence-corrected chi connectivity index (χ1v) is 11.1. The number of aromatic hydroxyl groups is 2. The van der Waals surface area contributed by atoms with Crippen LogP contribution in [0.5, 0.6) is 11.5 Å². The lowest BCUT2D eigenvalue weighted by Crippen LogP contribution is -2.35. The van der Waals surface area contributed by atoms with Crippen LogP contribution in [0.3, 0.4) is 0 Å². The Balaban J connectivity index is 1.89. The molecule has 1 aliphatic rings. The minimum atomic E-state index is -1.08. The van der Waals surface area contributed by atoms with E-state index in [9.17, 15) is 39.0 Å². The first kappa shape index (κ1) is 27.4. The molecule has 3 rings (SSSR count). The average molecular weight is 528 g/mol. The number of anilines is 2. The molecular formula is C24H24N4O10. The molecule has 0 fully saturated rings. The Kier molecular flexibility index (Phi) is 8.47. The number of ketones is 2. The van der Waals surface area contributed by atoms with E-state index in [1.807, 2.05) is 0 Å². The monoisotopic (exact) mass is 528 g/mol. The van der Waals surface area contributed by atoms with Gasteiger partial charge in [-0.25, -0.2) is 9.59 Å². The summed E-state index contributed by atoms with van der Waals surface area (Å²) in [5, 5.41) is 31.1. The largest absolute Gasteiger partial charge is 0.507 e. The fraction of sp³-hybridized carbons (Fsp3) is 0.250. The number of carbonyl (C=O) groups excluding carboxylic acids is 6. The molecule has 2 aromatic carbocycles. The lowest BCUT2D eigenvalue weighted by atomic mass is 9.81. The Morgan fingerprint density at radius 2 is 1.00 bits per heavy atom. The summed E-state index contributed by atoms with van der Waals surface area (Å²) < 4.78 is 8.63. The van der Waals surface area contributed by atoms with Gasteiger partial charge in [-0.15, -0.1) is 0 Å². The molecular weight excluding hydrogens is 504 g/mol. The second kappa shape index (κ2) is 11.7. The van der Waals surface area contributed by atoms with E-state index in [0.29, 0.717) is 0 Å². The van der Waals surface area contributed by atoms with Crippen LogP contribution in [0.15, 0.2) is 24.3 Å². The summed E-state index contributed by atoms with van der Waals surface area (Å²) in [5.74, 6) is -6.56. The minimum absolute atomic E-state index is 0.0344. The van der Waals surface area contributed by atoms with Crippen molar-refractivity contribution in [3.05, 3.63) is 46.5 Å². The highest BCUT2D eigenvalue weighted by molar-refractivity contribution is 6.34.